The number of thiophene rings is 1. The van der Waals surface area contributed by atoms with E-state index in [9.17, 15) is 5.11 Å². The Bertz CT molecular complexity index is 537. The Labute approximate surface area is 110 Å². The van der Waals surface area contributed by atoms with Crippen LogP contribution in [0, 0.1) is 6.92 Å². The van der Waals surface area contributed by atoms with Gasteiger partial charge in [-0.2, -0.15) is 0 Å². The third kappa shape index (κ3) is 2.21. The fourth-order valence-corrected chi connectivity index (χ4v) is 2.97. The van der Waals surface area contributed by atoms with Gasteiger partial charge in [-0.25, -0.2) is 4.98 Å². The molecule has 1 N–H and O–H groups in total. The minimum Gasteiger partial charge on any atom is -0.440 e. The average Bonchev–Trinajstić information content (AvgIpc) is 2.86. The van der Waals surface area contributed by atoms with Crippen molar-refractivity contribution >= 4 is 11.3 Å². The van der Waals surface area contributed by atoms with Crippen molar-refractivity contribution in [3.63, 3.8) is 0 Å². The fraction of sp³-hybridized carbons (Fsp3) is 0.462. The van der Waals surface area contributed by atoms with E-state index in [4.69, 9.17) is 4.42 Å². The van der Waals surface area contributed by atoms with Gasteiger partial charge in [-0.15, -0.1) is 11.3 Å². The lowest BCUT2D eigenvalue weighted by atomic mass is 9.97. The number of β-amino-alcohol motifs (C(OH)–C–C–N with tert-alkyl or cyclic N) is 1. The van der Waals surface area contributed by atoms with E-state index in [0.29, 0.717) is 19.0 Å². The Morgan fingerprint density at radius 2 is 2.33 bits per heavy atom. The average molecular weight is 264 g/mol. The second-order valence-electron chi connectivity index (χ2n) is 5.14. The number of hydrogen-bond acceptors (Lipinski definition) is 5. The molecule has 1 aliphatic heterocycles. The molecule has 0 radical (unpaired) electrons. The van der Waals surface area contributed by atoms with Crippen molar-refractivity contribution in [3.8, 4) is 10.8 Å². The molecule has 18 heavy (non-hydrogen) atoms. The van der Waals surface area contributed by atoms with Gasteiger partial charge in [-0.3, -0.25) is 4.90 Å². The second-order valence-corrected chi connectivity index (χ2v) is 6.09. The number of oxazole rings is 1. The summed E-state index contributed by atoms with van der Waals surface area (Å²) in [6, 6.07) is 4.00. The van der Waals surface area contributed by atoms with E-state index in [1.54, 1.807) is 11.3 Å². The summed E-state index contributed by atoms with van der Waals surface area (Å²) < 4.78 is 5.69. The minimum atomic E-state index is -0.534. The van der Waals surface area contributed by atoms with Crippen molar-refractivity contribution in [2.24, 2.45) is 0 Å². The van der Waals surface area contributed by atoms with Gasteiger partial charge in [0.25, 0.3) is 0 Å². The normalized spacial score (nSPS) is 18.8. The Hall–Kier alpha value is -1.17. The van der Waals surface area contributed by atoms with E-state index in [-0.39, 0.29) is 0 Å². The van der Waals surface area contributed by atoms with Gasteiger partial charge in [0, 0.05) is 19.6 Å². The molecule has 0 aromatic carbocycles. The number of aromatic nitrogens is 1. The smallest absolute Gasteiger partial charge is 0.236 e. The highest BCUT2D eigenvalue weighted by molar-refractivity contribution is 7.13. The van der Waals surface area contributed by atoms with Gasteiger partial charge in [0.2, 0.25) is 5.89 Å². The van der Waals surface area contributed by atoms with Crippen molar-refractivity contribution in [2.45, 2.75) is 26.0 Å². The van der Waals surface area contributed by atoms with Crippen LogP contribution in [0.2, 0.25) is 0 Å². The van der Waals surface area contributed by atoms with E-state index in [1.807, 2.05) is 31.4 Å². The molecule has 0 spiro atoms. The molecule has 2 aromatic rings. The van der Waals surface area contributed by atoms with Crippen molar-refractivity contribution in [1.29, 1.82) is 0 Å². The van der Waals surface area contributed by atoms with Gasteiger partial charge in [0.1, 0.15) is 5.76 Å². The lowest BCUT2D eigenvalue weighted by molar-refractivity contribution is -0.0876. The van der Waals surface area contributed by atoms with Crippen LogP contribution in [0.1, 0.15) is 18.4 Å². The standard InChI is InChI=1S/C13H16N2O2S/c1-9-10(6-15-7-13(2,16)8-15)14-12(17-9)11-4-3-5-18-11/h3-5,16H,6-8H2,1-2H3. The van der Waals surface area contributed by atoms with Gasteiger partial charge in [0.15, 0.2) is 0 Å². The first-order valence-electron chi connectivity index (χ1n) is 5.98. The molecule has 3 rings (SSSR count). The number of rotatable bonds is 3. The SMILES string of the molecule is Cc1oc(-c2cccs2)nc1CN1CC(C)(O)C1. The minimum absolute atomic E-state index is 0.534. The molecule has 1 aliphatic rings. The Morgan fingerprint density at radius 3 is 2.94 bits per heavy atom. The molecule has 1 saturated heterocycles. The molecular weight excluding hydrogens is 248 g/mol. The molecular formula is C13H16N2O2S. The molecule has 0 unspecified atom stereocenters. The fourth-order valence-electron chi connectivity index (χ4n) is 2.32. The lowest BCUT2D eigenvalue weighted by Gasteiger charge is -2.43. The second kappa shape index (κ2) is 4.19. The first-order valence-corrected chi connectivity index (χ1v) is 6.86. The summed E-state index contributed by atoms with van der Waals surface area (Å²) in [5.74, 6) is 1.56. The predicted molar refractivity (Wildman–Crippen MR) is 70.5 cm³/mol. The topological polar surface area (TPSA) is 49.5 Å². The van der Waals surface area contributed by atoms with Crippen LogP contribution < -0.4 is 0 Å². The van der Waals surface area contributed by atoms with E-state index in [0.717, 1.165) is 22.9 Å². The first kappa shape index (κ1) is 11.9. The summed E-state index contributed by atoms with van der Waals surface area (Å²) in [6.07, 6.45) is 0. The van der Waals surface area contributed by atoms with Crippen LogP contribution in [0.25, 0.3) is 10.8 Å². The summed E-state index contributed by atoms with van der Waals surface area (Å²) in [7, 11) is 0. The number of nitrogens with zero attached hydrogens (tertiary/aromatic N) is 2. The third-order valence-corrected chi connectivity index (χ3v) is 3.98. The number of aryl methyl sites for hydroxylation is 1. The van der Waals surface area contributed by atoms with Crippen molar-refractivity contribution in [1.82, 2.24) is 9.88 Å². The zero-order valence-electron chi connectivity index (χ0n) is 10.5. The summed E-state index contributed by atoms with van der Waals surface area (Å²) in [5, 5.41) is 11.7. The molecule has 96 valence electrons. The molecule has 2 aromatic heterocycles. The molecule has 4 nitrogen and oxygen atoms in total. The molecule has 5 heteroatoms. The van der Waals surface area contributed by atoms with E-state index < -0.39 is 5.60 Å². The molecule has 0 aliphatic carbocycles. The predicted octanol–water partition coefficient (Wildman–Crippen LogP) is 2.28. The largest absolute Gasteiger partial charge is 0.440 e. The monoisotopic (exact) mass is 264 g/mol. The highest BCUT2D eigenvalue weighted by Crippen LogP contribution is 2.28. The van der Waals surface area contributed by atoms with Gasteiger partial charge in [-0.1, -0.05) is 6.07 Å². The lowest BCUT2D eigenvalue weighted by Crippen LogP contribution is -2.59. The highest BCUT2D eigenvalue weighted by atomic mass is 32.1. The van der Waals surface area contributed by atoms with Gasteiger partial charge in [0.05, 0.1) is 16.2 Å². The summed E-state index contributed by atoms with van der Waals surface area (Å²) >= 11 is 1.63. The molecule has 0 saturated carbocycles. The van der Waals surface area contributed by atoms with Gasteiger partial charge < -0.3 is 9.52 Å². The van der Waals surface area contributed by atoms with E-state index in [1.165, 1.54) is 0 Å². The molecule has 0 amide bonds. The number of likely N-dealkylation sites (tertiary alicyclic amines) is 1. The zero-order valence-corrected chi connectivity index (χ0v) is 11.3. The number of hydrogen-bond donors (Lipinski definition) is 1. The van der Waals surface area contributed by atoms with E-state index >= 15 is 0 Å². The highest BCUT2D eigenvalue weighted by Gasteiger charge is 2.36. The van der Waals surface area contributed by atoms with Crippen LogP contribution >= 0.6 is 11.3 Å². The maximum Gasteiger partial charge on any atom is 0.236 e. The van der Waals surface area contributed by atoms with Gasteiger partial charge in [-0.05, 0) is 25.3 Å². The van der Waals surface area contributed by atoms with Crippen LogP contribution in [0.3, 0.4) is 0 Å². The van der Waals surface area contributed by atoms with Crippen molar-refractivity contribution in [2.75, 3.05) is 13.1 Å². The summed E-state index contributed by atoms with van der Waals surface area (Å²) in [6.45, 7) is 5.95. The van der Waals surface area contributed by atoms with Crippen LogP contribution in [-0.4, -0.2) is 33.7 Å². The van der Waals surface area contributed by atoms with Crippen LogP contribution in [0.15, 0.2) is 21.9 Å². The van der Waals surface area contributed by atoms with Gasteiger partial charge >= 0.3 is 0 Å². The van der Waals surface area contributed by atoms with Crippen LogP contribution in [0.5, 0.6) is 0 Å². The van der Waals surface area contributed by atoms with Crippen molar-refractivity contribution in [3.05, 3.63) is 29.0 Å². The molecule has 1 fully saturated rings. The zero-order chi connectivity index (χ0) is 12.8. The Kier molecular flexibility index (Phi) is 2.77. The maximum atomic E-state index is 9.70. The van der Waals surface area contributed by atoms with Crippen molar-refractivity contribution < 1.29 is 9.52 Å². The number of aliphatic hydroxyl groups is 1. The Balaban J connectivity index is 1.74. The van der Waals surface area contributed by atoms with Crippen LogP contribution in [-0.2, 0) is 6.54 Å². The Morgan fingerprint density at radius 1 is 1.56 bits per heavy atom. The quantitative estimate of drug-likeness (QED) is 0.924. The van der Waals surface area contributed by atoms with Crippen LogP contribution in [0.4, 0.5) is 0 Å². The summed E-state index contributed by atoms with van der Waals surface area (Å²) in [5.41, 5.74) is 0.433. The molecule has 3 heterocycles. The first-order chi connectivity index (χ1) is 8.53. The molecule has 0 bridgehead atoms. The molecule has 0 atom stereocenters. The van der Waals surface area contributed by atoms with E-state index in [2.05, 4.69) is 9.88 Å². The maximum absolute atomic E-state index is 9.70. The third-order valence-electron chi connectivity index (χ3n) is 3.13. The summed E-state index contributed by atoms with van der Waals surface area (Å²) in [4.78, 5) is 7.77.